The van der Waals surface area contributed by atoms with Gasteiger partial charge in [-0.2, -0.15) is 0 Å². The molecule has 1 fully saturated rings. The molecule has 1 heterocycles. The average Bonchev–Trinajstić information content (AvgIpc) is 2.34. The van der Waals surface area contributed by atoms with Crippen LogP contribution in [0.5, 0.6) is 0 Å². The van der Waals surface area contributed by atoms with Crippen molar-refractivity contribution in [2.75, 3.05) is 39.5 Å². The standard InChI is InChI=1S/C12H25N3O2/c1-4-13-12(14-7-10(2)3)15-8-11-9-16-5-6-17-11/h10-11H,4-9H2,1-3H3,(H2,13,14,15). The molecule has 1 aliphatic rings. The molecule has 17 heavy (non-hydrogen) atoms. The van der Waals surface area contributed by atoms with Crippen LogP contribution in [0.1, 0.15) is 20.8 Å². The fourth-order valence-electron chi connectivity index (χ4n) is 1.48. The number of rotatable bonds is 5. The molecule has 0 aromatic heterocycles. The topological polar surface area (TPSA) is 54.9 Å². The molecule has 1 aliphatic heterocycles. The summed E-state index contributed by atoms with van der Waals surface area (Å²) in [5.41, 5.74) is 0. The summed E-state index contributed by atoms with van der Waals surface area (Å²) in [6.07, 6.45) is 0.131. The molecule has 5 nitrogen and oxygen atoms in total. The van der Waals surface area contributed by atoms with E-state index in [-0.39, 0.29) is 6.10 Å². The lowest BCUT2D eigenvalue weighted by Crippen LogP contribution is -2.44. The maximum atomic E-state index is 5.56. The molecular formula is C12H25N3O2. The summed E-state index contributed by atoms with van der Waals surface area (Å²) in [6, 6.07) is 0. The molecule has 1 saturated heterocycles. The van der Waals surface area contributed by atoms with Crippen LogP contribution in [0.3, 0.4) is 0 Å². The van der Waals surface area contributed by atoms with Crippen LogP contribution < -0.4 is 10.6 Å². The Labute approximate surface area is 104 Å². The molecule has 0 spiro atoms. The molecule has 1 atom stereocenters. The summed E-state index contributed by atoms with van der Waals surface area (Å²) in [5.74, 6) is 1.43. The van der Waals surface area contributed by atoms with Gasteiger partial charge >= 0.3 is 0 Å². The molecule has 0 aromatic carbocycles. The van der Waals surface area contributed by atoms with Crippen molar-refractivity contribution in [3.63, 3.8) is 0 Å². The quantitative estimate of drug-likeness (QED) is 0.549. The molecule has 5 heteroatoms. The van der Waals surface area contributed by atoms with Gasteiger partial charge in [-0.25, -0.2) is 0 Å². The van der Waals surface area contributed by atoms with Gasteiger partial charge < -0.3 is 20.1 Å². The van der Waals surface area contributed by atoms with Gasteiger partial charge in [-0.15, -0.1) is 0 Å². The predicted molar refractivity (Wildman–Crippen MR) is 69.4 cm³/mol. The first-order chi connectivity index (χ1) is 8.22. The zero-order valence-corrected chi connectivity index (χ0v) is 11.2. The lowest BCUT2D eigenvalue weighted by molar-refractivity contribution is -0.0850. The zero-order valence-electron chi connectivity index (χ0n) is 11.2. The molecule has 0 amide bonds. The molecule has 0 aliphatic carbocycles. The van der Waals surface area contributed by atoms with Crippen molar-refractivity contribution in [3.05, 3.63) is 0 Å². The summed E-state index contributed by atoms with van der Waals surface area (Å²) in [7, 11) is 0. The summed E-state index contributed by atoms with van der Waals surface area (Å²) in [5, 5.41) is 6.50. The third-order valence-corrected chi connectivity index (χ3v) is 2.34. The van der Waals surface area contributed by atoms with Gasteiger partial charge in [-0.3, -0.25) is 4.99 Å². The molecule has 0 aromatic rings. The van der Waals surface area contributed by atoms with Crippen molar-refractivity contribution in [1.29, 1.82) is 0 Å². The summed E-state index contributed by atoms with van der Waals surface area (Å²) in [4.78, 5) is 4.50. The lowest BCUT2D eigenvalue weighted by atomic mass is 10.2. The van der Waals surface area contributed by atoms with Crippen molar-refractivity contribution in [2.45, 2.75) is 26.9 Å². The molecule has 0 bridgehead atoms. The Morgan fingerprint density at radius 2 is 2.18 bits per heavy atom. The Hall–Kier alpha value is -0.810. The SMILES string of the molecule is CCNC(=NCC(C)C)NCC1COCCO1. The minimum atomic E-state index is 0.131. The number of guanidine groups is 1. The minimum absolute atomic E-state index is 0.131. The Balaban J connectivity index is 2.29. The van der Waals surface area contributed by atoms with Crippen LogP contribution in [-0.4, -0.2) is 51.5 Å². The fraction of sp³-hybridized carbons (Fsp3) is 0.917. The first-order valence-electron chi connectivity index (χ1n) is 6.44. The zero-order chi connectivity index (χ0) is 12.5. The molecule has 2 N–H and O–H groups in total. The number of aliphatic imine (C=N–C) groups is 1. The second kappa shape index (κ2) is 8.31. The minimum Gasteiger partial charge on any atom is -0.376 e. The first kappa shape index (κ1) is 14.3. The largest absolute Gasteiger partial charge is 0.376 e. The Kier molecular flexibility index (Phi) is 6.96. The maximum absolute atomic E-state index is 5.56. The number of hydrogen-bond acceptors (Lipinski definition) is 3. The van der Waals surface area contributed by atoms with Crippen LogP contribution in [0.15, 0.2) is 4.99 Å². The lowest BCUT2D eigenvalue weighted by Gasteiger charge is -2.24. The second-order valence-electron chi connectivity index (χ2n) is 4.56. The van der Waals surface area contributed by atoms with Gasteiger partial charge in [-0.1, -0.05) is 13.8 Å². The van der Waals surface area contributed by atoms with E-state index in [2.05, 4.69) is 36.4 Å². The van der Waals surface area contributed by atoms with E-state index in [1.165, 1.54) is 0 Å². The highest BCUT2D eigenvalue weighted by atomic mass is 16.6. The van der Waals surface area contributed by atoms with Crippen molar-refractivity contribution < 1.29 is 9.47 Å². The number of nitrogens with zero attached hydrogens (tertiary/aromatic N) is 1. The van der Waals surface area contributed by atoms with E-state index in [0.717, 1.165) is 25.6 Å². The van der Waals surface area contributed by atoms with Gasteiger partial charge in [0.25, 0.3) is 0 Å². The van der Waals surface area contributed by atoms with Crippen LogP contribution in [0.4, 0.5) is 0 Å². The average molecular weight is 243 g/mol. The smallest absolute Gasteiger partial charge is 0.191 e. The van der Waals surface area contributed by atoms with Gasteiger partial charge in [0.1, 0.15) is 0 Å². The van der Waals surface area contributed by atoms with Crippen molar-refractivity contribution in [3.8, 4) is 0 Å². The Morgan fingerprint density at radius 1 is 1.35 bits per heavy atom. The number of hydrogen-bond donors (Lipinski definition) is 2. The molecule has 100 valence electrons. The van der Waals surface area contributed by atoms with Crippen LogP contribution in [0.25, 0.3) is 0 Å². The normalized spacial score (nSPS) is 21.6. The maximum Gasteiger partial charge on any atom is 0.191 e. The first-order valence-corrected chi connectivity index (χ1v) is 6.44. The van der Waals surface area contributed by atoms with E-state index in [4.69, 9.17) is 9.47 Å². The van der Waals surface area contributed by atoms with Crippen LogP contribution in [0.2, 0.25) is 0 Å². The highest BCUT2D eigenvalue weighted by Gasteiger charge is 2.14. The molecule has 1 unspecified atom stereocenters. The van der Waals surface area contributed by atoms with Gasteiger partial charge in [0.2, 0.25) is 0 Å². The monoisotopic (exact) mass is 243 g/mol. The third kappa shape index (κ3) is 6.48. The summed E-state index contributed by atoms with van der Waals surface area (Å²) >= 11 is 0. The number of ether oxygens (including phenoxy) is 2. The Morgan fingerprint density at radius 3 is 2.76 bits per heavy atom. The summed E-state index contributed by atoms with van der Waals surface area (Å²) in [6.45, 7) is 10.9. The number of nitrogens with one attached hydrogen (secondary N) is 2. The predicted octanol–water partition coefficient (Wildman–Crippen LogP) is 0.613. The highest BCUT2D eigenvalue weighted by molar-refractivity contribution is 5.79. The third-order valence-electron chi connectivity index (χ3n) is 2.34. The van der Waals surface area contributed by atoms with Gasteiger partial charge in [-0.05, 0) is 12.8 Å². The van der Waals surface area contributed by atoms with E-state index >= 15 is 0 Å². The molecule has 0 radical (unpaired) electrons. The van der Waals surface area contributed by atoms with E-state index in [1.807, 2.05) is 0 Å². The van der Waals surface area contributed by atoms with Gasteiger partial charge in [0.15, 0.2) is 5.96 Å². The van der Waals surface area contributed by atoms with E-state index < -0.39 is 0 Å². The van der Waals surface area contributed by atoms with Crippen molar-refractivity contribution in [1.82, 2.24) is 10.6 Å². The summed E-state index contributed by atoms with van der Waals surface area (Å²) < 4.78 is 10.9. The van der Waals surface area contributed by atoms with E-state index in [9.17, 15) is 0 Å². The van der Waals surface area contributed by atoms with Crippen LogP contribution in [0, 0.1) is 5.92 Å². The van der Waals surface area contributed by atoms with Gasteiger partial charge in [0.05, 0.1) is 25.9 Å². The van der Waals surface area contributed by atoms with E-state index in [0.29, 0.717) is 25.7 Å². The van der Waals surface area contributed by atoms with Crippen molar-refractivity contribution in [2.24, 2.45) is 10.9 Å². The highest BCUT2D eigenvalue weighted by Crippen LogP contribution is 1.99. The molecule has 0 saturated carbocycles. The van der Waals surface area contributed by atoms with E-state index in [1.54, 1.807) is 0 Å². The van der Waals surface area contributed by atoms with Crippen LogP contribution >= 0.6 is 0 Å². The van der Waals surface area contributed by atoms with Crippen LogP contribution in [-0.2, 0) is 9.47 Å². The Bertz CT molecular complexity index is 226. The molecule has 1 rings (SSSR count). The van der Waals surface area contributed by atoms with Gasteiger partial charge in [0, 0.05) is 19.6 Å². The second-order valence-corrected chi connectivity index (χ2v) is 4.56. The fourth-order valence-corrected chi connectivity index (χ4v) is 1.48. The molecular weight excluding hydrogens is 218 g/mol. The van der Waals surface area contributed by atoms with Crippen molar-refractivity contribution >= 4 is 5.96 Å².